The Morgan fingerprint density at radius 3 is 2.75 bits per heavy atom. The molecular formula is C13H18Cl2N2O2S. The maximum Gasteiger partial charge on any atom is 0.244 e. The van der Waals surface area contributed by atoms with Gasteiger partial charge in [-0.2, -0.15) is 4.31 Å². The third kappa shape index (κ3) is 3.28. The maximum absolute atomic E-state index is 12.7. The molecule has 2 atom stereocenters. The smallest absolute Gasteiger partial charge is 0.244 e. The largest absolute Gasteiger partial charge is 0.328 e. The highest BCUT2D eigenvalue weighted by Crippen LogP contribution is 2.30. The first kappa shape index (κ1) is 16.0. The SMILES string of the molecule is C[C@H](N)[C@@H]1CCCN(S(=O)(=O)c2cc(Cl)ccc2Cl)C1. The first-order chi connectivity index (χ1) is 9.32. The number of hydrogen-bond acceptors (Lipinski definition) is 3. The highest BCUT2D eigenvalue weighted by atomic mass is 35.5. The van der Waals surface area contributed by atoms with Crippen LogP contribution >= 0.6 is 23.2 Å². The first-order valence-corrected chi connectivity index (χ1v) is 8.72. The van der Waals surface area contributed by atoms with Crippen molar-refractivity contribution in [2.45, 2.75) is 30.7 Å². The van der Waals surface area contributed by atoms with Crippen molar-refractivity contribution >= 4 is 33.2 Å². The van der Waals surface area contributed by atoms with E-state index in [1.807, 2.05) is 6.92 Å². The van der Waals surface area contributed by atoms with E-state index in [0.717, 1.165) is 12.8 Å². The molecule has 1 aliphatic rings. The molecule has 0 spiro atoms. The average molecular weight is 337 g/mol. The fraction of sp³-hybridized carbons (Fsp3) is 0.538. The molecule has 1 aliphatic heterocycles. The average Bonchev–Trinajstić information content (AvgIpc) is 2.41. The zero-order valence-electron chi connectivity index (χ0n) is 11.2. The van der Waals surface area contributed by atoms with E-state index in [1.165, 1.54) is 16.4 Å². The quantitative estimate of drug-likeness (QED) is 0.922. The van der Waals surface area contributed by atoms with Gasteiger partial charge < -0.3 is 5.73 Å². The Kier molecular flexibility index (Phi) is 4.97. The zero-order chi connectivity index (χ0) is 14.9. The summed E-state index contributed by atoms with van der Waals surface area (Å²) in [7, 11) is -3.62. The third-order valence-corrected chi connectivity index (χ3v) is 6.26. The zero-order valence-corrected chi connectivity index (χ0v) is 13.5. The first-order valence-electron chi connectivity index (χ1n) is 6.53. The van der Waals surface area contributed by atoms with E-state index in [1.54, 1.807) is 6.07 Å². The van der Waals surface area contributed by atoms with Gasteiger partial charge in [-0.15, -0.1) is 0 Å². The fourth-order valence-electron chi connectivity index (χ4n) is 2.44. The van der Waals surface area contributed by atoms with Gasteiger partial charge >= 0.3 is 0 Å². The molecule has 0 amide bonds. The van der Waals surface area contributed by atoms with Crippen molar-refractivity contribution < 1.29 is 8.42 Å². The van der Waals surface area contributed by atoms with E-state index < -0.39 is 10.0 Å². The van der Waals surface area contributed by atoms with Crippen molar-refractivity contribution in [3.8, 4) is 0 Å². The molecule has 2 rings (SSSR count). The molecule has 4 nitrogen and oxygen atoms in total. The van der Waals surface area contributed by atoms with Gasteiger partial charge in [-0.1, -0.05) is 23.2 Å². The predicted molar refractivity (Wildman–Crippen MR) is 81.6 cm³/mol. The Hall–Kier alpha value is -0.330. The van der Waals surface area contributed by atoms with Gasteiger partial charge in [-0.25, -0.2) is 8.42 Å². The predicted octanol–water partition coefficient (Wildman–Crippen LogP) is 2.74. The lowest BCUT2D eigenvalue weighted by molar-refractivity contribution is 0.243. The van der Waals surface area contributed by atoms with Crippen LogP contribution in [0.2, 0.25) is 10.0 Å². The summed E-state index contributed by atoms with van der Waals surface area (Å²) < 4.78 is 26.8. The van der Waals surface area contributed by atoms with Gasteiger partial charge in [-0.05, 0) is 43.9 Å². The van der Waals surface area contributed by atoms with E-state index in [0.29, 0.717) is 18.1 Å². The fourth-order valence-corrected chi connectivity index (χ4v) is 4.71. The summed E-state index contributed by atoms with van der Waals surface area (Å²) in [5.74, 6) is 0.177. The van der Waals surface area contributed by atoms with Gasteiger partial charge in [-0.3, -0.25) is 0 Å². The molecule has 1 aromatic rings. The summed E-state index contributed by atoms with van der Waals surface area (Å²) in [6.07, 6.45) is 1.76. The van der Waals surface area contributed by atoms with E-state index >= 15 is 0 Å². The molecule has 2 N–H and O–H groups in total. The Labute approximate surface area is 129 Å². The Bertz CT molecular complexity index is 590. The van der Waals surface area contributed by atoms with Gasteiger partial charge in [0.1, 0.15) is 4.90 Å². The Morgan fingerprint density at radius 2 is 2.10 bits per heavy atom. The van der Waals surface area contributed by atoms with Gasteiger partial charge in [0.05, 0.1) is 5.02 Å². The van der Waals surface area contributed by atoms with Crippen molar-refractivity contribution in [2.24, 2.45) is 11.7 Å². The molecule has 1 fully saturated rings. The second kappa shape index (κ2) is 6.20. The highest BCUT2D eigenvalue weighted by molar-refractivity contribution is 7.89. The van der Waals surface area contributed by atoms with Crippen LogP contribution in [-0.2, 0) is 10.0 Å². The molecule has 1 aromatic carbocycles. The number of rotatable bonds is 3. The van der Waals surface area contributed by atoms with Crippen molar-refractivity contribution in [3.05, 3.63) is 28.2 Å². The molecule has 0 aromatic heterocycles. The Morgan fingerprint density at radius 1 is 1.40 bits per heavy atom. The monoisotopic (exact) mass is 336 g/mol. The standard InChI is InChI=1S/C13H18Cl2N2O2S/c1-9(16)10-3-2-6-17(8-10)20(18,19)13-7-11(14)4-5-12(13)15/h4-5,7,9-10H,2-3,6,8,16H2,1H3/t9-,10+/m0/s1. The van der Waals surface area contributed by atoms with Gasteiger partial charge in [0.2, 0.25) is 10.0 Å². The van der Waals surface area contributed by atoms with E-state index in [9.17, 15) is 8.42 Å². The topological polar surface area (TPSA) is 63.4 Å². The lowest BCUT2D eigenvalue weighted by atomic mass is 9.93. The van der Waals surface area contributed by atoms with E-state index in [4.69, 9.17) is 28.9 Å². The van der Waals surface area contributed by atoms with Crippen molar-refractivity contribution in [3.63, 3.8) is 0 Å². The number of sulfonamides is 1. The highest BCUT2D eigenvalue weighted by Gasteiger charge is 2.32. The maximum atomic E-state index is 12.7. The minimum Gasteiger partial charge on any atom is -0.328 e. The second-order valence-electron chi connectivity index (χ2n) is 5.20. The third-order valence-electron chi connectivity index (χ3n) is 3.68. The molecule has 0 radical (unpaired) electrons. The van der Waals surface area contributed by atoms with Crippen LogP contribution in [0.4, 0.5) is 0 Å². The molecule has 1 heterocycles. The van der Waals surface area contributed by atoms with Crippen LogP contribution in [0.3, 0.4) is 0 Å². The summed E-state index contributed by atoms with van der Waals surface area (Å²) >= 11 is 11.9. The molecule has 0 bridgehead atoms. The summed E-state index contributed by atoms with van der Waals surface area (Å²) in [5.41, 5.74) is 5.90. The van der Waals surface area contributed by atoms with Crippen molar-refractivity contribution in [1.82, 2.24) is 4.31 Å². The normalized spacial score (nSPS) is 22.7. The van der Waals surface area contributed by atoms with Crippen LogP contribution in [0.1, 0.15) is 19.8 Å². The number of halogens is 2. The molecule has 0 aliphatic carbocycles. The van der Waals surface area contributed by atoms with Gasteiger partial charge in [0.15, 0.2) is 0 Å². The molecule has 7 heteroatoms. The summed E-state index contributed by atoms with van der Waals surface area (Å²) in [5, 5.41) is 0.547. The number of piperidine rings is 1. The van der Waals surface area contributed by atoms with Crippen molar-refractivity contribution in [2.75, 3.05) is 13.1 Å². The number of hydrogen-bond donors (Lipinski definition) is 1. The molecule has 112 valence electrons. The van der Waals surface area contributed by atoms with Crippen LogP contribution in [0.25, 0.3) is 0 Å². The number of nitrogens with two attached hydrogens (primary N) is 1. The van der Waals surface area contributed by atoms with Crippen LogP contribution < -0.4 is 5.73 Å². The Balaban J connectivity index is 2.32. The molecule has 1 saturated heterocycles. The van der Waals surface area contributed by atoms with Crippen LogP contribution in [-0.4, -0.2) is 31.9 Å². The summed E-state index contributed by atoms with van der Waals surface area (Å²) in [4.78, 5) is 0.0667. The summed E-state index contributed by atoms with van der Waals surface area (Å²) in [6, 6.07) is 4.45. The number of nitrogens with zero attached hydrogens (tertiary/aromatic N) is 1. The van der Waals surface area contributed by atoms with E-state index in [-0.39, 0.29) is 21.9 Å². The molecular weight excluding hydrogens is 319 g/mol. The minimum absolute atomic E-state index is 0.0252. The van der Waals surface area contributed by atoms with Crippen LogP contribution in [0.15, 0.2) is 23.1 Å². The molecule has 0 unspecified atom stereocenters. The summed E-state index contributed by atoms with van der Waals surface area (Å²) in [6.45, 7) is 2.84. The van der Waals surface area contributed by atoms with Crippen LogP contribution in [0.5, 0.6) is 0 Å². The van der Waals surface area contributed by atoms with Gasteiger partial charge in [0, 0.05) is 24.2 Å². The lowest BCUT2D eigenvalue weighted by Crippen LogP contribution is -2.45. The van der Waals surface area contributed by atoms with Crippen molar-refractivity contribution in [1.29, 1.82) is 0 Å². The van der Waals surface area contributed by atoms with E-state index in [2.05, 4.69) is 0 Å². The van der Waals surface area contributed by atoms with Gasteiger partial charge in [0.25, 0.3) is 0 Å². The lowest BCUT2D eigenvalue weighted by Gasteiger charge is -2.33. The minimum atomic E-state index is -3.62. The molecule has 0 saturated carbocycles. The number of benzene rings is 1. The second-order valence-corrected chi connectivity index (χ2v) is 7.95. The molecule has 20 heavy (non-hydrogen) atoms. The van der Waals surface area contributed by atoms with Crippen LogP contribution in [0, 0.1) is 5.92 Å².